The largest absolute Gasteiger partial charge is 0.506 e. The van der Waals surface area contributed by atoms with Crippen molar-refractivity contribution in [3.8, 4) is 5.75 Å². The van der Waals surface area contributed by atoms with E-state index in [2.05, 4.69) is 0 Å². The Morgan fingerprint density at radius 2 is 1.69 bits per heavy atom. The molecule has 0 saturated carbocycles. The Balaban J connectivity index is 1.78. The highest BCUT2D eigenvalue weighted by molar-refractivity contribution is 6.04. The molecule has 0 aliphatic heterocycles. The monoisotopic (exact) mass is 348 g/mol. The zero-order chi connectivity index (χ0) is 18.7. The highest BCUT2D eigenvalue weighted by atomic mass is 16.5. The van der Waals surface area contributed by atoms with Gasteiger partial charge in [-0.3, -0.25) is 4.79 Å². The normalized spacial score (nSPS) is 11.9. The number of phenols is 1. The molecule has 0 spiro atoms. The van der Waals surface area contributed by atoms with Gasteiger partial charge in [-0.25, -0.2) is 4.79 Å². The first-order valence-corrected chi connectivity index (χ1v) is 8.56. The van der Waals surface area contributed by atoms with Crippen LogP contribution in [0.5, 0.6) is 5.75 Å². The van der Waals surface area contributed by atoms with Crippen LogP contribution in [0.25, 0.3) is 10.8 Å². The minimum absolute atomic E-state index is 0.0460. The standard InChI is InChI=1S/C22H20O4/c1-3-15-8-10-17(11-9-15)20(23)14(2)26-22(25)19-13-12-16-6-4-5-7-18(16)21(19)24/h4-14,24H,3H2,1-2H3/t14-/m1/s1. The van der Waals surface area contributed by atoms with Gasteiger partial charge in [-0.2, -0.15) is 0 Å². The molecule has 0 fully saturated rings. The van der Waals surface area contributed by atoms with E-state index in [1.807, 2.05) is 31.2 Å². The van der Waals surface area contributed by atoms with Gasteiger partial charge in [0.15, 0.2) is 6.10 Å². The number of carbonyl (C=O) groups is 2. The summed E-state index contributed by atoms with van der Waals surface area (Å²) < 4.78 is 5.29. The Hall–Kier alpha value is -3.14. The van der Waals surface area contributed by atoms with E-state index in [1.54, 1.807) is 30.3 Å². The molecule has 4 nitrogen and oxygen atoms in total. The second-order valence-electron chi connectivity index (χ2n) is 6.15. The fraction of sp³-hybridized carbons (Fsp3) is 0.182. The number of esters is 1. The summed E-state index contributed by atoms with van der Waals surface area (Å²) in [7, 11) is 0. The van der Waals surface area contributed by atoms with Gasteiger partial charge in [-0.1, -0.05) is 61.5 Å². The summed E-state index contributed by atoms with van der Waals surface area (Å²) >= 11 is 0. The molecule has 4 heteroatoms. The Bertz CT molecular complexity index is 958. The summed E-state index contributed by atoms with van der Waals surface area (Å²) in [5.41, 5.74) is 1.67. The Morgan fingerprint density at radius 3 is 2.38 bits per heavy atom. The first-order chi connectivity index (χ1) is 12.5. The Kier molecular flexibility index (Phi) is 5.03. The molecule has 0 bridgehead atoms. The predicted molar refractivity (Wildman–Crippen MR) is 101 cm³/mol. The van der Waals surface area contributed by atoms with Gasteiger partial charge in [0.05, 0.1) is 0 Å². The first-order valence-electron chi connectivity index (χ1n) is 8.56. The molecule has 0 amide bonds. The third-order valence-electron chi connectivity index (χ3n) is 4.42. The SMILES string of the molecule is CCc1ccc(C(=O)[C@@H](C)OC(=O)c2ccc3ccccc3c2O)cc1. The average Bonchev–Trinajstić information content (AvgIpc) is 2.67. The molecule has 26 heavy (non-hydrogen) atoms. The fourth-order valence-corrected chi connectivity index (χ4v) is 2.84. The molecule has 3 aromatic carbocycles. The van der Waals surface area contributed by atoms with E-state index in [4.69, 9.17) is 4.74 Å². The van der Waals surface area contributed by atoms with Crippen LogP contribution in [0.15, 0.2) is 60.7 Å². The molecular weight excluding hydrogens is 328 g/mol. The van der Waals surface area contributed by atoms with Crippen molar-refractivity contribution in [3.63, 3.8) is 0 Å². The van der Waals surface area contributed by atoms with Gasteiger partial charge in [-0.15, -0.1) is 0 Å². The molecule has 0 aliphatic carbocycles. The number of aryl methyl sites for hydroxylation is 1. The second-order valence-corrected chi connectivity index (χ2v) is 6.15. The third-order valence-corrected chi connectivity index (χ3v) is 4.42. The number of phenolic OH excluding ortho intramolecular Hbond substituents is 1. The van der Waals surface area contributed by atoms with Crippen LogP contribution in [-0.4, -0.2) is 23.0 Å². The Morgan fingerprint density at radius 1 is 1.00 bits per heavy atom. The van der Waals surface area contributed by atoms with Crippen LogP contribution in [0.4, 0.5) is 0 Å². The van der Waals surface area contributed by atoms with Crippen LogP contribution in [0.2, 0.25) is 0 Å². The van der Waals surface area contributed by atoms with Gasteiger partial charge < -0.3 is 9.84 Å². The summed E-state index contributed by atoms with van der Waals surface area (Å²) in [5.74, 6) is -1.14. The summed E-state index contributed by atoms with van der Waals surface area (Å²) in [6.45, 7) is 3.57. The van der Waals surface area contributed by atoms with Crippen molar-refractivity contribution >= 4 is 22.5 Å². The van der Waals surface area contributed by atoms with Crippen LogP contribution in [-0.2, 0) is 11.2 Å². The lowest BCUT2D eigenvalue weighted by atomic mass is 10.0. The number of hydrogen-bond donors (Lipinski definition) is 1. The lowest BCUT2D eigenvalue weighted by Gasteiger charge is -2.14. The second kappa shape index (κ2) is 7.40. The summed E-state index contributed by atoms with van der Waals surface area (Å²) in [5, 5.41) is 11.7. The molecule has 0 aromatic heterocycles. The van der Waals surface area contributed by atoms with E-state index in [0.717, 1.165) is 17.4 Å². The minimum Gasteiger partial charge on any atom is -0.506 e. The van der Waals surface area contributed by atoms with Crippen molar-refractivity contribution < 1.29 is 19.4 Å². The number of fused-ring (bicyclic) bond motifs is 1. The maximum Gasteiger partial charge on any atom is 0.342 e. The highest BCUT2D eigenvalue weighted by Crippen LogP contribution is 2.29. The molecular formula is C22H20O4. The number of ketones is 1. The molecule has 0 radical (unpaired) electrons. The molecule has 0 saturated heterocycles. The van der Waals surface area contributed by atoms with Crippen LogP contribution in [0.1, 0.15) is 40.1 Å². The van der Waals surface area contributed by atoms with Crippen molar-refractivity contribution in [1.29, 1.82) is 0 Å². The minimum atomic E-state index is -0.944. The smallest absolute Gasteiger partial charge is 0.342 e. The maximum atomic E-state index is 12.5. The molecule has 3 aromatic rings. The molecule has 132 valence electrons. The van der Waals surface area contributed by atoms with Crippen molar-refractivity contribution in [2.75, 3.05) is 0 Å². The molecule has 1 N–H and O–H groups in total. The number of rotatable bonds is 5. The molecule has 0 aliphatic rings. The number of ether oxygens (including phenoxy) is 1. The van der Waals surface area contributed by atoms with E-state index >= 15 is 0 Å². The quantitative estimate of drug-likeness (QED) is 0.543. The first kappa shape index (κ1) is 17.7. The number of hydrogen-bond acceptors (Lipinski definition) is 4. The van der Waals surface area contributed by atoms with Crippen LogP contribution < -0.4 is 0 Å². The molecule has 1 atom stereocenters. The maximum absolute atomic E-state index is 12.5. The van der Waals surface area contributed by atoms with Crippen LogP contribution in [0.3, 0.4) is 0 Å². The van der Waals surface area contributed by atoms with E-state index in [1.165, 1.54) is 13.0 Å². The van der Waals surface area contributed by atoms with Crippen LogP contribution in [0, 0.1) is 0 Å². The van der Waals surface area contributed by atoms with E-state index in [-0.39, 0.29) is 17.1 Å². The van der Waals surface area contributed by atoms with Gasteiger partial charge in [0.1, 0.15) is 11.3 Å². The number of aromatic hydroxyl groups is 1. The average molecular weight is 348 g/mol. The van der Waals surface area contributed by atoms with Crippen molar-refractivity contribution in [2.45, 2.75) is 26.4 Å². The summed E-state index contributed by atoms with van der Waals surface area (Å²) in [6.07, 6.45) is -0.0545. The van der Waals surface area contributed by atoms with Crippen molar-refractivity contribution in [3.05, 3.63) is 77.4 Å². The van der Waals surface area contributed by atoms with Crippen LogP contribution >= 0.6 is 0 Å². The molecule has 0 heterocycles. The van der Waals surface area contributed by atoms with Gasteiger partial charge in [0, 0.05) is 10.9 Å². The topological polar surface area (TPSA) is 63.6 Å². The molecule has 0 unspecified atom stereocenters. The van der Waals surface area contributed by atoms with Gasteiger partial charge in [0.2, 0.25) is 5.78 Å². The Labute approximate surface area is 152 Å². The van der Waals surface area contributed by atoms with Gasteiger partial charge in [-0.05, 0) is 30.4 Å². The van der Waals surface area contributed by atoms with E-state index in [0.29, 0.717) is 10.9 Å². The number of Topliss-reactive ketones (excluding diaryl/α,β-unsaturated/α-hetero) is 1. The van der Waals surface area contributed by atoms with Gasteiger partial charge in [0.25, 0.3) is 0 Å². The lowest BCUT2D eigenvalue weighted by Crippen LogP contribution is -2.24. The highest BCUT2D eigenvalue weighted by Gasteiger charge is 2.22. The van der Waals surface area contributed by atoms with Crippen molar-refractivity contribution in [2.24, 2.45) is 0 Å². The zero-order valence-corrected chi connectivity index (χ0v) is 14.7. The number of benzene rings is 3. The van der Waals surface area contributed by atoms with Crippen molar-refractivity contribution in [1.82, 2.24) is 0 Å². The lowest BCUT2D eigenvalue weighted by molar-refractivity contribution is 0.0316. The van der Waals surface area contributed by atoms with E-state index < -0.39 is 12.1 Å². The van der Waals surface area contributed by atoms with Gasteiger partial charge >= 0.3 is 5.97 Å². The summed E-state index contributed by atoms with van der Waals surface area (Å²) in [4.78, 5) is 24.9. The zero-order valence-electron chi connectivity index (χ0n) is 14.7. The predicted octanol–water partition coefficient (Wildman–Crippen LogP) is 4.54. The fourth-order valence-electron chi connectivity index (χ4n) is 2.84. The number of carbonyl (C=O) groups excluding carboxylic acids is 2. The molecule has 3 rings (SSSR count). The van der Waals surface area contributed by atoms with E-state index in [9.17, 15) is 14.7 Å². The third kappa shape index (κ3) is 3.45. The summed E-state index contributed by atoms with van der Waals surface area (Å²) in [6, 6.07) is 17.7.